The van der Waals surface area contributed by atoms with Crippen LogP contribution in [-0.4, -0.2) is 36.4 Å². The van der Waals surface area contributed by atoms with E-state index in [2.05, 4.69) is 13.0 Å². The molecule has 2 amide bonds. The van der Waals surface area contributed by atoms with Crippen LogP contribution in [0.2, 0.25) is 0 Å². The number of hydrogen-bond acceptors (Lipinski definition) is 4. The first-order chi connectivity index (χ1) is 16.2. The average Bonchev–Trinajstić information content (AvgIpc) is 3.35. The zero-order valence-corrected chi connectivity index (χ0v) is 19.8. The number of imide groups is 1. The number of ether oxygens (including phenoxy) is 1. The second kappa shape index (κ2) is 10.7. The Hall–Kier alpha value is -3.08. The highest BCUT2D eigenvalue weighted by Crippen LogP contribution is 2.38. The Morgan fingerprint density at radius 3 is 2.33 bits per heavy atom. The number of benzene rings is 2. The van der Waals surface area contributed by atoms with Gasteiger partial charge in [0.25, 0.3) is 11.8 Å². The first kappa shape index (κ1) is 23.1. The van der Waals surface area contributed by atoms with Gasteiger partial charge in [0, 0.05) is 18.8 Å². The molecular weight excluding hydrogens is 412 g/mol. The van der Waals surface area contributed by atoms with Crippen LogP contribution in [0.1, 0.15) is 63.5 Å². The van der Waals surface area contributed by atoms with Crippen molar-refractivity contribution in [3.8, 4) is 5.75 Å². The first-order valence-corrected chi connectivity index (χ1v) is 12.3. The lowest BCUT2D eigenvalue weighted by Crippen LogP contribution is -2.35. The van der Waals surface area contributed by atoms with Gasteiger partial charge in [-0.3, -0.25) is 14.5 Å². The molecule has 2 aromatic carbocycles. The smallest absolute Gasteiger partial charge is 0.278 e. The number of unbranched alkanes of at least 4 members (excludes halogenated alkanes) is 5. The largest absolute Gasteiger partial charge is 0.494 e. The summed E-state index contributed by atoms with van der Waals surface area (Å²) in [5, 5.41) is 0. The molecule has 0 aromatic heterocycles. The monoisotopic (exact) mass is 446 g/mol. The van der Waals surface area contributed by atoms with Crippen molar-refractivity contribution in [2.75, 3.05) is 24.6 Å². The summed E-state index contributed by atoms with van der Waals surface area (Å²) in [7, 11) is 0. The number of nitrogens with zero attached hydrogens (tertiary/aromatic N) is 2. The lowest BCUT2D eigenvalue weighted by Gasteiger charge is -2.21. The molecule has 0 atom stereocenters. The van der Waals surface area contributed by atoms with Crippen LogP contribution in [0.25, 0.3) is 5.57 Å². The summed E-state index contributed by atoms with van der Waals surface area (Å²) in [6, 6.07) is 15.7. The zero-order chi connectivity index (χ0) is 23.2. The van der Waals surface area contributed by atoms with E-state index < -0.39 is 0 Å². The Balaban J connectivity index is 1.62. The fourth-order valence-corrected chi connectivity index (χ4v) is 4.78. The highest BCUT2D eigenvalue weighted by Gasteiger charge is 2.42. The van der Waals surface area contributed by atoms with Crippen LogP contribution < -0.4 is 9.64 Å². The Kier molecular flexibility index (Phi) is 7.48. The van der Waals surface area contributed by atoms with Crippen molar-refractivity contribution in [2.45, 2.75) is 58.8 Å². The second-order valence-electron chi connectivity index (χ2n) is 8.74. The molecule has 0 spiro atoms. The van der Waals surface area contributed by atoms with Crippen LogP contribution >= 0.6 is 0 Å². The number of carbonyl (C=O) groups excluding carboxylic acids is 2. The predicted octanol–water partition coefficient (Wildman–Crippen LogP) is 5.59. The van der Waals surface area contributed by atoms with E-state index in [9.17, 15) is 9.59 Å². The van der Waals surface area contributed by atoms with Crippen molar-refractivity contribution in [1.29, 1.82) is 0 Å². The fourth-order valence-electron chi connectivity index (χ4n) is 4.78. The van der Waals surface area contributed by atoms with Crippen LogP contribution in [0.4, 0.5) is 5.69 Å². The van der Waals surface area contributed by atoms with Gasteiger partial charge in [-0.05, 0) is 49.1 Å². The molecule has 0 unspecified atom stereocenters. The molecule has 2 aromatic rings. The minimum Gasteiger partial charge on any atom is -0.494 e. The number of para-hydroxylation sites is 1. The van der Waals surface area contributed by atoms with Crippen LogP contribution in [0, 0.1) is 0 Å². The van der Waals surface area contributed by atoms with Gasteiger partial charge >= 0.3 is 0 Å². The van der Waals surface area contributed by atoms with Gasteiger partial charge in [0.15, 0.2) is 0 Å². The van der Waals surface area contributed by atoms with E-state index in [1.807, 2.05) is 54.3 Å². The number of carbonyl (C=O) groups is 2. The normalized spacial score (nSPS) is 15.6. The van der Waals surface area contributed by atoms with Gasteiger partial charge in [0.1, 0.15) is 11.4 Å². The van der Waals surface area contributed by atoms with E-state index in [1.54, 1.807) is 0 Å². The maximum Gasteiger partial charge on any atom is 0.278 e. The highest BCUT2D eigenvalue weighted by molar-refractivity contribution is 6.36. The number of rotatable bonds is 11. The molecule has 0 bridgehead atoms. The molecule has 0 saturated heterocycles. The molecule has 33 heavy (non-hydrogen) atoms. The van der Waals surface area contributed by atoms with E-state index in [-0.39, 0.29) is 11.8 Å². The van der Waals surface area contributed by atoms with E-state index in [0.717, 1.165) is 42.7 Å². The summed E-state index contributed by atoms with van der Waals surface area (Å²) in [4.78, 5) is 30.7. The molecular formula is C28H34N2O3. The molecule has 5 heteroatoms. The second-order valence-corrected chi connectivity index (χ2v) is 8.74. The summed E-state index contributed by atoms with van der Waals surface area (Å²) in [5.41, 5.74) is 4.02. The fraction of sp³-hybridized carbons (Fsp3) is 0.429. The first-order valence-electron chi connectivity index (χ1n) is 12.3. The lowest BCUT2D eigenvalue weighted by molar-refractivity contribution is -0.137. The number of amides is 2. The van der Waals surface area contributed by atoms with Gasteiger partial charge in [0.2, 0.25) is 0 Å². The summed E-state index contributed by atoms with van der Waals surface area (Å²) in [6.07, 6.45) is 7.57. The third-order valence-electron chi connectivity index (χ3n) is 6.49. The van der Waals surface area contributed by atoms with E-state index in [4.69, 9.17) is 4.74 Å². The van der Waals surface area contributed by atoms with E-state index in [1.165, 1.54) is 29.7 Å². The van der Waals surface area contributed by atoms with Crippen molar-refractivity contribution in [2.24, 2.45) is 0 Å². The predicted molar refractivity (Wildman–Crippen MR) is 132 cm³/mol. The SMILES string of the molecule is CCCCCCCCN1C(=O)C(c2ccc(OCC)cc2)=C(N2CCc3ccccc32)C1=O. The Morgan fingerprint density at radius 1 is 0.848 bits per heavy atom. The van der Waals surface area contributed by atoms with Crippen LogP contribution in [-0.2, 0) is 16.0 Å². The van der Waals surface area contributed by atoms with Crippen molar-refractivity contribution in [1.82, 2.24) is 4.90 Å². The molecule has 2 aliphatic heterocycles. The Labute approximate surface area is 197 Å². The molecule has 174 valence electrons. The van der Waals surface area contributed by atoms with Crippen LogP contribution in [0.5, 0.6) is 5.75 Å². The number of anilines is 1. The molecule has 0 radical (unpaired) electrons. The maximum atomic E-state index is 13.6. The Bertz CT molecular complexity index is 1030. The van der Waals surface area contributed by atoms with Gasteiger partial charge in [-0.25, -0.2) is 0 Å². The van der Waals surface area contributed by atoms with Crippen LogP contribution in [0.3, 0.4) is 0 Å². The molecule has 0 saturated carbocycles. The molecule has 2 aliphatic rings. The van der Waals surface area contributed by atoms with Crippen molar-refractivity contribution in [3.05, 3.63) is 65.4 Å². The van der Waals surface area contributed by atoms with Gasteiger partial charge in [0.05, 0.1) is 12.2 Å². The van der Waals surface area contributed by atoms with Crippen molar-refractivity contribution < 1.29 is 14.3 Å². The van der Waals surface area contributed by atoms with Gasteiger partial charge in [-0.1, -0.05) is 69.4 Å². The summed E-state index contributed by atoms with van der Waals surface area (Å²) in [5.74, 6) is 0.405. The maximum absolute atomic E-state index is 13.6. The van der Waals surface area contributed by atoms with Gasteiger partial charge in [-0.15, -0.1) is 0 Å². The molecule has 4 rings (SSSR count). The van der Waals surface area contributed by atoms with Crippen LogP contribution in [0.15, 0.2) is 54.2 Å². The standard InChI is InChI=1S/C28H34N2O3/c1-3-5-6-7-8-11-19-30-27(31)25(22-14-16-23(17-15-22)33-4-2)26(28(30)32)29-20-18-21-12-9-10-13-24(21)29/h9-10,12-17H,3-8,11,18-20H2,1-2H3. The average molecular weight is 447 g/mol. The quantitative estimate of drug-likeness (QED) is 0.334. The summed E-state index contributed by atoms with van der Waals surface area (Å²) >= 11 is 0. The summed E-state index contributed by atoms with van der Waals surface area (Å²) in [6.45, 7) is 5.91. The molecule has 0 fully saturated rings. The molecule has 5 nitrogen and oxygen atoms in total. The highest BCUT2D eigenvalue weighted by atomic mass is 16.5. The van der Waals surface area contributed by atoms with Gasteiger partial charge < -0.3 is 9.64 Å². The zero-order valence-electron chi connectivity index (χ0n) is 19.8. The van der Waals surface area contributed by atoms with Gasteiger partial charge in [-0.2, -0.15) is 0 Å². The molecule has 0 aliphatic carbocycles. The lowest BCUT2D eigenvalue weighted by atomic mass is 10.0. The number of hydrogen-bond donors (Lipinski definition) is 0. The molecule has 0 N–H and O–H groups in total. The minimum absolute atomic E-state index is 0.172. The Morgan fingerprint density at radius 2 is 1.58 bits per heavy atom. The summed E-state index contributed by atoms with van der Waals surface area (Å²) < 4.78 is 5.57. The minimum atomic E-state index is -0.183. The third-order valence-corrected chi connectivity index (χ3v) is 6.49. The van der Waals surface area contributed by atoms with E-state index >= 15 is 0 Å². The molecule has 2 heterocycles. The van der Waals surface area contributed by atoms with Crippen molar-refractivity contribution >= 4 is 23.1 Å². The van der Waals surface area contributed by atoms with E-state index in [0.29, 0.717) is 31.0 Å². The third kappa shape index (κ3) is 4.82. The van der Waals surface area contributed by atoms with Crippen molar-refractivity contribution in [3.63, 3.8) is 0 Å². The topological polar surface area (TPSA) is 49.9 Å². The number of fused-ring (bicyclic) bond motifs is 1.